The van der Waals surface area contributed by atoms with Gasteiger partial charge in [0.05, 0.1) is 18.2 Å². The zero-order valence-electron chi connectivity index (χ0n) is 12.2. The Kier molecular flexibility index (Phi) is 3.96. The molecule has 0 spiro atoms. The van der Waals surface area contributed by atoms with Crippen LogP contribution in [0.4, 0.5) is 0 Å². The van der Waals surface area contributed by atoms with Gasteiger partial charge in [-0.3, -0.25) is 5.84 Å². The van der Waals surface area contributed by atoms with Crippen molar-refractivity contribution in [3.63, 3.8) is 0 Å². The van der Waals surface area contributed by atoms with E-state index in [0.717, 1.165) is 37.2 Å². The van der Waals surface area contributed by atoms with Gasteiger partial charge in [0.15, 0.2) is 0 Å². The Morgan fingerprint density at radius 1 is 1.30 bits per heavy atom. The highest BCUT2D eigenvalue weighted by Gasteiger charge is 2.42. The molecule has 1 heterocycles. The Morgan fingerprint density at radius 2 is 2.10 bits per heavy atom. The normalized spacial score (nSPS) is 22.1. The Hall–Kier alpha value is -1.10. The summed E-state index contributed by atoms with van der Waals surface area (Å²) >= 11 is 0. The zero-order valence-corrected chi connectivity index (χ0v) is 12.2. The molecular weight excluding hydrogens is 252 g/mol. The summed E-state index contributed by atoms with van der Waals surface area (Å²) in [5.41, 5.74) is 5.22. The fourth-order valence-electron chi connectivity index (χ4n) is 3.75. The number of benzene rings is 1. The molecule has 2 aliphatic rings. The minimum absolute atomic E-state index is 0.0131. The van der Waals surface area contributed by atoms with Crippen molar-refractivity contribution in [1.82, 2.24) is 5.43 Å². The third-order valence-corrected chi connectivity index (χ3v) is 4.86. The summed E-state index contributed by atoms with van der Waals surface area (Å²) in [5, 5.41) is 0. The van der Waals surface area contributed by atoms with Crippen LogP contribution in [0.2, 0.25) is 0 Å². The highest BCUT2D eigenvalue weighted by molar-refractivity contribution is 5.46. The number of hydrazine groups is 1. The van der Waals surface area contributed by atoms with E-state index in [1.807, 2.05) is 0 Å². The van der Waals surface area contributed by atoms with E-state index >= 15 is 0 Å². The second-order valence-corrected chi connectivity index (χ2v) is 5.86. The largest absolute Gasteiger partial charge is 0.493 e. The number of nitrogens with one attached hydrogen (secondary N) is 1. The molecule has 0 radical (unpaired) electrons. The Morgan fingerprint density at radius 3 is 2.80 bits per heavy atom. The maximum Gasteiger partial charge on any atom is 0.127 e. The van der Waals surface area contributed by atoms with Crippen molar-refractivity contribution in [2.24, 2.45) is 5.84 Å². The van der Waals surface area contributed by atoms with Crippen LogP contribution in [0, 0.1) is 0 Å². The van der Waals surface area contributed by atoms with Gasteiger partial charge in [-0.25, -0.2) is 5.43 Å². The van der Waals surface area contributed by atoms with Crippen molar-refractivity contribution in [3.05, 3.63) is 29.3 Å². The molecule has 4 heteroatoms. The molecule has 3 rings (SSSR count). The minimum atomic E-state index is -0.214. The molecule has 4 nitrogen and oxygen atoms in total. The fraction of sp³-hybridized carbons (Fsp3) is 0.625. The van der Waals surface area contributed by atoms with Crippen LogP contribution in [0.5, 0.6) is 5.75 Å². The summed E-state index contributed by atoms with van der Waals surface area (Å²) in [7, 11) is 1.81. The van der Waals surface area contributed by atoms with Crippen LogP contribution in [0.1, 0.15) is 49.3 Å². The molecule has 0 amide bonds. The summed E-state index contributed by atoms with van der Waals surface area (Å²) in [6.07, 6.45) is 6.75. The van der Waals surface area contributed by atoms with E-state index in [2.05, 4.69) is 23.6 Å². The minimum Gasteiger partial charge on any atom is -0.493 e. The average Bonchev–Trinajstić information content (AvgIpc) is 2.98. The van der Waals surface area contributed by atoms with Gasteiger partial charge in [-0.2, -0.15) is 0 Å². The zero-order chi connectivity index (χ0) is 14.0. The molecule has 1 unspecified atom stereocenters. The third-order valence-electron chi connectivity index (χ3n) is 4.86. The molecule has 0 saturated heterocycles. The maximum absolute atomic E-state index is 5.95. The Labute approximate surface area is 120 Å². The number of nitrogens with two attached hydrogens (primary N) is 1. The highest BCUT2D eigenvalue weighted by atomic mass is 16.5. The van der Waals surface area contributed by atoms with E-state index in [4.69, 9.17) is 15.3 Å². The molecule has 1 fully saturated rings. The predicted octanol–water partition coefficient (Wildman–Crippen LogP) is 2.48. The van der Waals surface area contributed by atoms with E-state index in [9.17, 15) is 0 Å². The van der Waals surface area contributed by atoms with E-state index in [0.29, 0.717) is 0 Å². The molecular formula is C16H24N2O2. The smallest absolute Gasteiger partial charge is 0.127 e. The van der Waals surface area contributed by atoms with Gasteiger partial charge in [0, 0.05) is 19.1 Å². The van der Waals surface area contributed by atoms with Gasteiger partial charge in [0.2, 0.25) is 0 Å². The van der Waals surface area contributed by atoms with Gasteiger partial charge >= 0.3 is 0 Å². The lowest BCUT2D eigenvalue weighted by Gasteiger charge is -2.42. The van der Waals surface area contributed by atoms with Crippen molar-refractivity contribution in [2.45, 2.75) is 50.2 Å². The molecule has 0 aromatic heterocycles. The van der Waals surface area contributed by atoms with Gasteiger partial charge in [-0.15, -0.1) is 0 Å². The van der Waals surface area contributed by atoms with E-state index < -0.39 is 0 Å². The van der Waals surface area contributed by atoms with Crippen molar-refractivity contribution < 1.29 is 9.47 Å². The summed E-state index contributed by atoms with van der Waals surface area (Å²) in [4.78, 5) is 0. The average molecular weight is 276 g/mol. The molecule has 1 aliphatic heterocycles. The van der Waals surface area contributed by atoms with Gasteiger partial charge in [-0.1, -0.05) is 37.5 Å². The molecule has 0 bridgehead atoms. The van der Waals surface area contributed by atoms with E-state index in [1.54, 1.807) is 7.11 Å². The number of hydrogen-bond donors (Lipinski definition) is 2. The van der Waals surface area contributed by atoms with Crippen LogP contribution in [-0.2, 0) is 11.2 Å². The molecule has 20 heavy (non-hydrogen) atoms. The SMILES string of the molecule is COC1(C(NN)c2cccc3c2OCC3)CCCCC1. The molecule has 3 N–H and O–H groups in total. The standard InChI is InChI=1S/C16H24N2O2/c1-19-16(9-3-2-4-10-16)15(18-17)13-7-5-6-12-8-11-20-14(12)13/h5-7,15,18H,2-4,8-11,17H2,1H3. The lowest BCUT2D eigenvalue weighted by atomic mass is 9.76. The number of fused-ring (bicyclic) bond motifs is 1. The van der Waals surface area contributed by atoms with Crippen LogP contribution < -0.4 is 16.0 Å². The Balaban J connectivity index is 1.99. The lowest BCUT2D eigenvalue weighted by Crippen LogP contribution is -2.49. The predicted molar refractivity (Wildman–Crippen MR) is 78.5 cm³/mol. The third kappa shape index (κ3) is 2.22. The van der Waals surface area contributed by atoms with E-state index in [1.165, 1.54) is 24.8 Å². The summed E-state index contributed by atoms with van der Waals surface area (Å²) < 4.78 is 11.8. The second kappa shape index (κ2) is 5.72. The first kappa shape index (κ1) is 13.9. The van der Waals surface area contributed by atoms with Crippen LogP contribution in [0.25, 0.3) is 0 Å². The first-order chi connectivity index (χ1) is 9.80. The fourth-order valence-corrected chi connectivity index (χ4v) is 3.75. The van der Waals surface area contributed by atoms with Crippen molar-refractivity contribution >= 4 is 0 Å². The number of methoxy groups -OCH3 is 1. The van der Waals surface area contributed by atoms with Crippen LogP contribution in [0.3, 0.4) is 0 Å². The summed E-state index contributed by atoms with van der Waals surface area (Å²) in [6.45, 7) is 0.767. The molecule has 1 aliphatic carbocycles. The number of rotatable bonds is 4. The molecule has 1 atom stereocenters. The van der Waals surface area contributed by atoms with Gasteiger partial charge in [-0.05, 0) is 18.4 Å². The van der Waals surface area contributed by atoms with Crippen molar-refractivity contribution in [1.29, 1.82) is 0 Å². The molecule has 110 valence electrons. The quantitative estimate of drug-likeness (QED) is 0.655. The monoisotopic (exact) mass is 276 g/mol. The van der Waals surface area contributed by atoms with Crippen molar-refractivity contribution in [3.8, 4) is 5.75 Å². The van der Waals surface area contributed by atoms with Gasteiger partial charge < -0.3 is 9.47 Å². The summed E-state index contributed by atoms with van der Waals surface area (Å²) in [5.74, 6) is 6.92. The number of para-hydroxylation sites is 1. The van der Waals surface area contributed by atoms with Crippen LogP contribution in [0.15, 0.2) is 18.2 Å². The molecule has 1 saturated carbocycles. The first-order valence-electron chi connectivity index (χ1n) is 7.56. The lowest BCUT2D eigenvalue weighted by molar-refractivity contribution is -0.0692. The topological polar surface area (TPSA) is 56.5 Å². The van der Waals surface area contributed by atoms with Gasteiger partial charge in [0.1, 0.15) is 5.75 Å². The summed E-state index contributed by atoms with van der Waals surface area (Å²) in [6, 6.07) is 6.34. The van der Waals surface area contributed by atoms with Crippen LogP contribution >= 0.6 is 0 Å². The first-order valence-corrected chi connectivity index (χ1v) is 7.56. The van der Waals surface area contributed by atoms with Crippen LogP contribution in [-0.4, -0.2) is 19.3 Å². The maximum atomic E-state index is 5.95. The Bertz CT molecular complexity index is 470. The second-order valence-electron chi connectivity index (χ2n) is 5.86. The number of hydrogen-bond acceptors (Lipinski definition) is 4. The van der Waals surface area contributed by atoms with Crippen molar-refractivity contribution in [2.75, 3.05) is 13.7 Å². The highest BCUT2D eigenvalue weighted by Crippen LogP contribution is 2.44. The molecule has 1 aromatic rings. The molecule has 1 aromatic carbocycles. The van der Waals surface area contributed by atoms with Gasteiger partial charge in [0.25, 0.3) is 0 Å². The number of ether oxygens (including phenoxy) is 2. The van der Waals surface area contributed by atoms with E-state index in [-0.39, 0.29) is 11.6 Å².